The molecule has 2 aliphatic carbocycles. The van der Waals surface area contributed by atoms with E-state index in [0.29, 0.717) is 35.8 Å². The molecule has 10 heteroatoms. The third-order valence-electron chi connectivity index (χ3n) is 8.40. The summed E-state index contributed by atoms with van der Waals surface area (Å²) in [4.78, 5) is 50.3. The zero-order valence-electron chi connectivity index (χ0n) is 20.2. The quantitative estimate of drug-likeness (QED) is 0.560. The standard InChI is InChI=1S/C26H32N6O4/c33-13-20-19-12-31-21(8-7-18(25(31)35)16-10-27-14-28-11-16)22(19)32(26(36)30-17-3-1-2-4-17)23(20)24(34)29-9-15-5-6-15/h7-8,10-11,14-15,17,19-20,22-23,33H,1-6,9,12-13H2,(H,29,34)(H,30,36)/t19-,20-,22+,23-/m0/s1. The predicted molar refractivity (Wildman–Crippen MR) is 131 cm³/mol. The molecule has 3 amide bonds. The van der Waals surface area contributed by atoms with Crippen molar-refractivity contribution in [1.29, 1.82) is 0 Å². The Balaban J connectivity index is 1.37. The van der Waals surface area contributed by atoms with E-state index in [1.165, 1.54) is 6.33 Å². The summed E-state index contributed by atoms with van der Waals surface area (Å²) in [6, 6.07) is 2.16. The number of hydrogen-bond donors (Lipinski definition) is 3. The summed E-state index contributed by atoms with van der Waals surface area (Å²) in [5, 5.41) is 16.6. The average Bonchev–Trinajstić information content (AvgIpc) is 3.28. The van der Waals surface area contributed by atoms with Gasteiger partial charge in [0.05, 0.1) is 11.6 Å². The second-order valence-corrected chi connectivity index (χ2v) is 10.6. The van der Waals surface area contributed by atoms with Crippen LogP contribution in [-0.2, 0) is 11.3 Å². The van der Waals surface area contributed by atoms with Crippen LogP contribution in [0.25, 0.3) is 11.1 Å². The summed E-state index contributed by atoms with van der Waals surface area (Å²) in [5.41, 5.74) is 1.63. The number of amides is 3. The van der Waals surface area contributed by atoms with E-state index >= 15 is 0 Å². The van der Waals surface area contributed by atoms with E-state index in [0.717, 1.165) is 38.5 Å². The predicted octanol–water partition coefficient (Wildman–Crippen LogP) is 1.45. The highest BCUT2D eigenvalue weighted by molar-refractivity contribution is 5.89. The minimum atomic E-state index is -0.781. The molecule has 3 fully saturated rings. The van der Waals surface area contributed by atoms with Crippen molar-refractivity contribution >= 4 is 11.9 Å². The lowest BCUT2D eigenvalue weighted by Gasteiger charge is -2.32. The van der Waals surface area contributed by atoms with Gasteiger partial charge in [0, 0.05) is 61.2 Å². The lowest BCUT2D eigenvalue weighted by atomic mass is 9.88. The number of aromatic nitrogens is 3. The van der Waals surface area contributed by atoms with Gasteiger partial charge in [0.2, 0.25) is 5.91 Å². The number of hydrogen-bond acceptors (Lipinski definition) is 6. The Hall–Kier alpha value is -3.27. The minimum absolute atomic E-state index is 0.0864. The summed E-state index contributed by atoms with van der Waals surface area (Å²) in [6.45, 7) is 0.697. The van der Waals surface area contributed by atoms with Gasteiger partial charge in [0.15, 0.2) is 0 Å². The Kier molecular flexibility index (Phi) is 5.99. The van der Waals surface area contributed by atoms with Crippen molar-refractivity contribution < 1.29 is 14.7 Å². The van der Waals surface area contributed by atoms with Gasteiger partial charge in [-0.25, -0.2) is 14.8 Å². The van der Waals surface area contributed by atoms with Crippen LogP contribution in [0, 0.1) is 17.8 Å². The monoisotopic (exact) mass is 492 g/mol. The molecule has 0 aromatic carbocycles. The summed E-state index contributed by atoms with van der Waals surface area (Å²) >= 11 is 0. The Morgan fingerprint density at radius 3 is 2.53 bits per heavy atom. The normalized spacial score (nSPS) is 27.1. The minimum Gasteiger partial charge on any atom is -0.396 e. The molecule has 190 valence electrons. The van der Waals surface area contributed by atoms with Crippen molar-refractivity contribution in [3.63, 3.8) is 0 Å². The molecule has 2 aromatic heterocycles. The van der Waals surface area contributed by atoms with E-state index in [-0.39, 0.29) is 36.1 Å². The van der Waals surface area contributed by atoms with Crippen molar-refractivity contribution in [1.82, 2.24) is 30.1 Å². The zero-order chi connectivity index (χ0) is 24.8. The SMILES string of the molecule is O=C(NCC1CC1)[C@@H]1[C@@H](CO)[C@@H]2Cn3c(ccc(-c4cncnc4)c3=O)[C@@H]2N1C(=O)NC1CCCC1. The van der Waals surface area contributed by atoms with Crippen LogP contribution in [0.1, 0.15) is 50.3 Å². The number of aliphatic hydroxyl groups excluding tert-OH is 1. The molecule has 2 saturated carbocycles. The molecule has 1 saturated heterocycles. The largest absolute Gasteiger partial charge is 0.396 e. The van der Waals surface area contributed by atoms with Gasteiger partial charge in [-0.15, -0.1) is 0 Å². The molecule has 2 aromatic rings. The lowest BCUT2D eigenvalue weighted by molar-refractivity contribution is -0.126. The number of rotatable bonds is 6. The molecule has 4 aliphatic rings. The fourth-order valence-corrected chi connectivity index (χ4v) is 6.36. The summed E-state index contributed by atoms with van der Waals surface area (Å²) in [6.07, 6.45) is 10.8. The van der Waals surface area contributed by atoms with Gasteiger partial charge in [0.25, 0.3) is 5.56 Å². The Morgan fingerprint density at radius 1 is 1.08 bits per heavy atom. The van der Waals surface area contributed by atoms with Crippen LogP contribution in [0.4, 0.5) is 4.79 Å². The molecule has 2 aliphatic heterocycles. The van der Waals surface area contributed by atoms with Crippen LogP contribution in [-0.4, -0.2) is 61.7 Å². The average molecular weight is 493 g/mol. The first-order valence-corrected chi connectivity index (χ1v) is 13.0. The molecule has 36 heavy (non-hydrogen) atoms. The molecule has 0 unspecified atom stereocenters. The summed E-state index contributed by atoms with van der Waals surface area (Å²) in [7, 11) is 0. The smallest absolute Gasteiger partial charge is 0.318 e. The van der Waals surface area contributed by atoms with E-state index in [9.17, 15) is 19.5 Å². The number of urea groups is 1. The third-order valence-corrected chi connectivity index (χ3v) is 8.40. The van der Waals surface area contributed by atoms with E-state index < -0.39 is 18.0 Å². The van der Waals surface area contributed by atoms with Gasteiger partial charge in [-0.3, -0.25) is 9.59 Å². The number of nitrogens with one attached hydrogen (secondary N) is 2. The Bertz CT molecular complexity index is 1210. The molecule has 0 radical (unpaired) electrons. The molecular weight excluding hydrogens is 460 g/mol. The first-order valence-electron chi connectivity index (χ1n) is 13.0. The van der Waals surface area contributed by atoms with E-state index in [1.54, 1.807) is 27.9 Å². The first kappa shape index (κ1) is 23.1. The number of carbonyl (C=O) groups is 2. The number of likely N-dealkylation sites (tertiary alicyclic amines) is 1. The van der Waals surface area contributed by atoms with Crippen LogP contribution < -0.4 is 16.2 Å². The second-order valence-electron chi connectivity index (χ2n) is 10.6. The number of pyridine rings is 1. The van der Waals surface area contributed by atoms with E-state index in [4.69, 9.17) is 0 Å². The van der Waals surface area contributed by atoms with Crippen LogP contribution in [0.2, 0.25) is 0 Å². The van der Waals surface area contributed by atoms with E-state index in [1.807, 2.05) is 6.07 Å². The van der Waals surface area contributed by atoms with Gasteiger partial charge in [-0.1, -0.05) is 12.8 Å². The summed E-state index contributed by atoms with van der Waals surface area (Å²) < 4.78 is 1.69. The molecule has 0 spiro atoms. The molecule has 4 atom stereocenters. The van der Waals surface area contributed by atoms with Crippen molar-refractivity contribution in [2.45, 2.75) is 63.2 Å². The fraction of sp³-hybridized carbons (Fsp3) is 0.577. The molecule has 4 heterocycles. The molecule has 0 bridgehead atoms. The molecule has 10 nitrogen and oxygen atoms in total. The maximum absolute atomic E-state index is 13.7. The maximum Gasteiger partial charge on any atom is 0.318 e. The topological polar surface area (TPSA) is 129 Å². The van der Waals surface area contributed by atoms with Gasteiger partial charge in [0.1, 0.15) is 12.4 Å². The number of nitrogens with zero attached hydrogens (tertiary/aromatic N) is 4. The van der Waals surface area contributed by atoms with Crippen molar-refractivity contribution in [3.05, 3.63) is 46.9 Å². The molecule has 3 N–H and O–H groups in total. The Morgan fingerprint density at radius 2 is 1.83 bits per heavy atom. The highest BCUT2D eigenvalue weighted by Gasteiger charge is 2.57. The lowest BCUT2D eigenvalue weighted by Crippen LogP contribution is -2.54. The van der Waals surface area contributed by atoms with Crippen molar-refractivity contribution in [3.8, 4) is 11.1 Å². The third kappa shape index (κ3) is 3.97. The number of fused-ring (bicyclic) bond motifs is 3. The highest BCUT2D eigenvalue weighted by Crippen LogP contribution is 2.49. The van der Waals surface area contributed by atoms with Crippen molar-refractivity contribution in [2.24, 2.45) is 17.8 Å². The van der Waals surface area contributed by atoms with Gasteiger partial charge >= 0.3 is 6.03 Å². The number of carbonyl (C=O) groups excluding carboxylic acids is 2. The van der Waals surface area contributed by atoms with Crippen LogP contribution in [0.3, 0.4) is 0 Å². The highest BCUT2D eigenvalue weighted by atomic mass is 16.3. The zero-order valence-corrected chi connectivity index (χ0v) is 20.2. The summed E-state index contributed by atoms with van der Waals surface area (Å²) in [5.74, 6) is -0.422. The fourth-order valence-electron chi connectivity index (χ4n) is 6.36. The first-order chi connectivity index (χ1) is 17.6. The van der Waals surface area contributed by atoms with Crippen LogP contribution in [0.15, 0.2) is 35.6 Å². The van der Waals surface area contributed by atoms with Crippen molar-refractivity contribution in [2.75, 3.05) is 13.2 Å². The van der Waals surface area contributed by atoms with Gasteiger partial charge < -0.3 is 25.2 Å². The maximum atomic E-state index is 13.7. The van der Waals surface area contributed by atoms with E-state index in [2.05, 4.69) is 20.6 Å². The van der Waals surface area contributed by atoms with Crippen LogP contribution >= 0.6 is 0 Å². The number of aliphatic hydroxyl groups is 1. The van der Waals surface area contributed by atoms with Crippen LogP contribution in [0.5, 0.6) is 0 Å². The second kappa shape index (κ2) is 9.31. The molecular formula is C26H32N6O4. The van der Waals surface area contributed by atoms with Gasteiger partial charge in [-0.2, -0.15) is 0 Å². The Labute approximate surface area is 209 Å². The molecule has 6 rings (SSSR count). The van der Waals surface area contributed by atoms with Gasteiger partial charge in [-0.05, 0) is 43.7 Å².